The number of nitrogens with zero attached hydrogens (tertiary/aromatic N) is 2. The van der Waals surface area contributed by atoms with Crippen LogP contribution in [0.1, 0.15) is 77.4 Å². The predicted octanol–water partition coefficient (Wildman–Crippen LogP) is 4.87. The lowest BCUT2D eigenvalue weighted by Crippen LogP contribution is -2.43. The number of ketones is 1. The molecule has 2 saturated heterocycles. The van der Waals surface area contributed by atoms with Gasteiger partial charge < -0.3 is 14.6 Å². The summed E-state index contributed by atoms with van der Waals surface area (Å²) in [7, 11) is 0. The molecule has 0 aromatic carbocycles. The molecule has 3 unspecified atom stereocenters. The van der Waals surface area contributed by atoms with Gasteiger partial charge in [-0.1, -0.05) is 34.1 Å². The van der Waals surface area contributed by atoms with E-state index in [1.54, 1.807) is 32.1 Å². The standard InChI is InChI=1S/C27H38N2O5S/c1-15-8-7-9-21-23(33-21)12-22(16(2)10-20-14-35-18(4)29-20)34-24(30)11-19(13-28)27(5,6)26(32)17(3)25(15)31/h10,14-15,17,19,21-23,25,31H,7-9,11-12H2,1-6H3/b16-10+/t15?,17?,19-,21-,22?,23+,25+/m1/s1. The molecule has 0 spiro atoms. The maximum Gasteiger partial charge on any atom is 0.307 e. The maximum absolute atomic E-state index is 13.3. The summed E-state index contributed by atoms with van der Waals surface area (Å²) in [6.07, 6.45) is 3.61. The third-order valence-electron chi connectivity index (χ3n) is 7.62. The van der Waals surface area contributed by atoms with Gasteiger partial charge in [0.05, 0.1) is 47.4 Å². The highest BCUT2D eigenvalue weighted by Crippen LogP contribution is 2.38. The molecule has 0 saturated carbocycles. The second-order valence-corrected chi connectivity index (χ2v) is 11.8. The monoisotopic (exact) mass is 502 g/mol. The van der Waals surface area contributed by atoms with E-state index in [1.165, 1.54) is 0 Å². The van der Waals surface area contributed by atoms with Crippen molar-refractivity contribution in [2.45, 2.75) is 98.1 Å². The SMILES string of the molecule is C/C(=C\c1csc(C)n1)C1C[C@@H]2O[C@@H]2CCCC(C)[C@H](O)C(C)C(=O)C(C)(C)[C@@H](C#N)CC(=O)O1. The van der Waals surface area contributed by atoms with Gasteiger partial charge in [0.1, 0.15) is 11.9 Å². The number of aryl methyl sites for hydroxylation is 1. The number of rotatable bonds is 2. The lowest BCUT2D eigenvalue weighted by Gasteiger charge is -2.34. The van der Waals surface area contributed by atoms with E-state index in [9.17, 15) is 20.0 Å². The van der Waals surface area contributed by atoms with E-state index in [1.807, 2.05) is 32.2 Å². The van der Waals surface area contributed by atoms with Gasteiger partial charge in [-0.15, -0.1) is 11.3 Å². The molecule has 8 heteroatoms. The molecule has 192 valence electrons. The van der Waals surface area contributed by atoms with Crippen LogP contribution in [0.5, 0.6) is 0 Å². The summed E-state index contributed by atoms with van der Waals surface area (Å²) in [4.78, 5) is 30.8. The minimum atomic E-state index is -1.10. The van der Waals surface area contributed by atoms with E-state index in [-0.39, 0.29) is 30.3 Å². The average Bonchev–Trinajstić information content (AvgIpc) is 3.42. The number of carbonyl (C=O) groups is 2. The van der Waals surface area contributed by atoms with Gasteiger partial charge in [-0.25, -0.2) is 4.98 Å². The Morgan fingerprint density at radius 1 is 1.29 bits per heavy atom. The molecule has 0 amide bonds. The molecule has 3 heterocycles. The molecule has 1 aromatic heterocycles. The number of aliphatic hydroxyl groups is 1. The highest BCUT2D eigenvalue weighted by Gasteiger charge is 2.45. The van der Waals surface area contributed by atoms with Gasteiger partial charge in [0.25, 0.3) is 0 Å². The first-order chi connectivity index (χ1) is 16.4. The number of carbonyl (C=O) groups excluding carboxylic acids is 2. The first-order valence-electron chi connectivity index (χ1n) is 12.5. The fourth-order valence-corrected chi connectivity index (χ4v) is 5.57. The summed E-state index contributed by atoms with van der Waals surface area (Å²) in [6, 6.07) is 2.16. The molecule has 1 N–H and O–H groups in total. The Labute approximate surface area is 212 Å². The van der Waals surface area contributed by atoms with E-state index in [0.717, 1.165) is 35.5 Å². The molecule has 3 rings (SSSR count). The number of Topliss-reactive ketones (excluding diaryl/α,β-unsaturated/α-hetero) is 1. The van der Waals surface area contributed by atoms with Crippen molar-refractivity contribution in [2.75, 3.05) is 0 Å². The number of hydrogen-bond donors (Lipinski definition) is 1. The molecule has 2 aliphatic heterocycles. The summed E-state index contributed by atoms with van der Waals surface area (Å²) in [6.45, 7) is 10.9. The topological polar surface area (TPSA) is 113 Å². The fourth-order valence-electron chi connectivity index (χ4n) is 5.00. The Bertz CT molecular complexity index is 994. The molecule has 0 bridgehead atoms. The van der Waals surface area contributed by atoms with Gasteiger partial charge in [0.2, 0.25) is 0 Å². The summed E-state index contributed by atoms with van der Waals surface area (Å²) in [5.41, 5.74) is 0.589. The van der Waals surface area contributed by atoms with Crippen molar-refractivity contribution in [3.8, 4) is 6.07 Å². The number of esters is 1. The van der Waals surface area contributed by atoms with Gasteiger partial charge in [-0.05, 0) is 44.3 Å². The van der Waals surface area contributed by atoms with Gasteiger partial charge in [-0.2, -0.15) is 5.26 Å². The van der Waals surface area contributed by atoms with Crippen molar-refractivity contribution in [3.05, 3.63) is 21.7 Å². The number of nitriles is 1. The van der Waals surface area contributed by atoms with Crippen molar-refractivity contribution in [2.24, 2.45) is 23.2 Å². The summed E-state index contributed by atoms with van der Waals surface area (Å²) < 4.78 is 11.8. The molecule has 7 nitrogen and oxygen atoms in total. The van der Waals surface area contributed by atoms with Crippen molar-refractivity contribution < 1.29 is 24.2 Å². The number of aliphatic hydroxyl groups excluding tert-OH is 1. The molecule has 2 fully saturated rings. The molecule has 0 radical (unpaired) electrons. The number of fused-ring (bicyclic) bond motifs is 1. The van der Waals surface area contributed by atoms with Crippen LogP contribution in [0.4, 0.5) is 0 Å². The number of epoxide rings is 1. The highest BCUT2D eigenvalue weighted by atomic mass is 32.1. The van der Waals surface area contributed by atoms with E-state index >= 15 is 0 Å². The van der Waals surface area contributed by atoms with Crippen LogP contribution in [0.15, 0.2) is 11.0 Å². The first kappa shape index (κ1) is 27.5. The average molecular weight is 503 g/mol. The molecule has 0 aliphatic carbocycles. The summed E-state index contributed by atoms with van der Waals surface area (Å²) >= 11 is 1.56. The van der Waals surface area contributed by atoms with Crippen molar-refractivity contribution in [3.63, 3.8) is 0 Å². The van der Waals surface area contributed by atoms with Crippen molar-refractivity contribution in [1.29, 1.82) is 5.26 Å². The number of hydrogen-bond acceptors (Lipinski definition) is 8. The third kappa shape index (κ3) is 6.78. The number of thiazole rings is 1. The van der Waals surface area contributed by atoms with E-state index in [2.05, 4.69) is 11.1 Å². The Balaban J connectivity index is 1.85. The lowest BCUT2D eigenvalue weighted by molar-refractivity contribution is -0.150. The second-order valence-electron chi connectivity index (χ2n) is 10.8. The Morgan fingerprint density at radius 3 is 2.63 bits per heavy atom. The summed E-state index contributed by atoms with van der Waals surface area (Å²) in [5.74, 6) is -2.28. The smallest absolute Gasteiger partial charge is 0.307 e. The molecule has 2 aliphatic rings. The molecular formula is C27H38N2O5S. The van der Waals surface area contributed by atoms with Crippen LogP contribution in [0.3, 0.4) is 0 Å². The van der Waals surface area contributed by atoms with Crippen molar-refractivity contribution >= 4 is 29.2 Å². The zero-order valence-corrected chi connectivity index (χ0v) is 22.4. The fraction of sp³-hybridized carbons (Fsp3) is 0.704. The van der Waals surface area contributed by atoms with Crippen LogP contribution in [-0.4, -0.2) is 46.3 Å². The van der Waals surface area contributed by atoms with Crippen LogP contribution in [-0.2, 0) is 19.1 Å². The van der Waals surface area contributed by atoms with Gasteiger partial charge in [0.15, 0.2) is 0 Å². The second kappa shape index (κ2) is 11.3. The minimum absolute atomic E-state index is 0.00478. The first-order valence-corrected chi connectivity index (χ1v) is 13.4. The van der Waals surface area contributed by atoms with Gasteiger partial charge in [0, 0.05) is 23.1 Å². The van der Waals surface area contributed by atoms with Crippen LogP contribution in [0, 0.1) is 41.4 Å². The van der Waals surface area contributed by atoms with Crippen molar-refractivity contribution in [1.82, 2.24) is 4.98 Å². The van der Waals surface area contributed by atoms with Crippen LogP contribution >= 0.6 is 11.3 Å². The normalized spacial score (nSPS) is 35.0. The zero-order valence-electron chi connectivity index (χ0n) is 21.6. The Morgan fingerprint density at radius 2 is 2.00 bits per heavy atom. The van der Waals surface area contributed by atoms with Gasteiger partial charge in [-0.3, -0.25) is 9.59 Å². The minimum Gasteiger partial charge on any atom is -0.458 e. The Hall–Kier alpha value is -2.08. The summed E-state index contributed by atoms with van der Waals surface area (Å²) in [5, 5.41) is 23.6. The van der Waals surface area contributed by atoms with Crippen LogP contribution < -0.4 is 0 Å². The Kier molecular flexibility index (Phi) is 8.90. The third-order valence-corrected chi connectivity index (χ3v) is 8.41. The van der Waals surface area contributed by atoms with E-state index in [0.29, 0.717) is 6.42 Å². The quantitative estimate of drug-likeness (QED) is 0.453. The molecular weight excluding hydrogens is 464 g/mol. The predicted molar refractivity (Wildman–Crippen MR) is 134 cm³/mol. The largest absolute Gasteiger partial charge is 0.458 e. The number of ether oxygens (including phenoxy) is 2. The van der Waals surface area contributed by atoms with E-state index in [4.69, 9.17) is 9.47 Å². The molecule has 7 atom stereocenters. The van der Waals surface area contributed by atoms with E-state index < -0.39 is 35.4 Å². The van der Waals surface area contributed by atoms with Crippen LogP contribution in [0.25, 0.3) is 6.08 Å². The maximum atomic E-state index is 13.3. The number of cyclic esters (lactones) is 1. The molecule has 1 aromatic rings. The zero-order chi connectivity index (χ0) is 25.9. The van der Waals surface area contributed by atoms with Crippen LogP contribution in [0.2, 0.25) is 0 Å². The highest BCUT2D eigenvalue weighted by molar-refractivity contribution is 7.09. The number of aromatic nitrogens is 1. The molecule has 35 heavy (non-hydrogen) atoms. The van der Waals surface area contributed by atoms with Gasteiger partial charge >= 0.3 is 5.97 Å². The lowest BCUT2D eigenvalue weighted by atomic mass is 9.69.